The van der Waals surface area contributed by atoms with Crippen molar-refractivity contribution in [1.29, 1.82) is 0 Å². The first-order valence-electron chi connectivity index (χ1n) is 5.07. The second kappa shape index (κ2) is 4.94. The summed E-state index contributed by atoms with van der Waals surface area (Å²) in [5.41, 5.74) is 1.59. The summed E-state index contributed by atoms with van der Waals surface area (Å²) in [5.74, 6) is -1.34. The lowest BCUT2D eigenvalue weighted by molar-refractivity contribution is -0.138. The van der Waals surface area contributed by atoms with Crippen LogP contribution in [0.15, 0.2) is 24.3 Å². The second-order valence-corrected chi connectivity index (χ2v) is 3.65. The first-order valence-corrected chi connectivity index (χ1v) is 5.07. The van der Waals surface area contributed by atoms with E-state index in [0.29, 0.717) is 6.42 Å². The molecule has 15 heavy (non-hydrogen) atoms. The Kier molecular flexibility index (Phi) is 3.86. The smallest absolute Gasteiger partial charge is 0.310 e. The van der Waals surface area contributed by atoms with E-state index in [-0.39, 0.29) is 0 Å². The van der Waals surface area contributed by atoms with Crippen LogP contribution in [0.25, 0.3) is 0 Å². The third kappa shape index (κ3) is 2.80. The molecular formula is C12H16O3. The molecule has 0 saturated heterocycles. The van der Waals surface area contributed by atoms with Gasteiger partial charge in [-0.15, -0.1) is 0 Å². The summed E-state index contributed by atoms with van der Waals surface area (Å²) < 4.78 is 0. The zero-order chi connectivity index (χ0) is 11.4. The number of carbonyl (C=O) groups is 1. The van der Waals surface area contributed by atoms with Gasteiger partial charge in [0.05, 0.1) is 12.0 Å². The van der Waals surface area contributed by atoms with Gasteiger partial charge >= 0.3 is 5.97 Å². The molecule has 3 nitrogen and oxygen atoms in total. The lowest BCUT2D eigenvalue weighted by Crippen LogP contribution is -2.07. The lowest BCUT2D eigenvalue weighted by atomic mass is 9.98. The minimum absolute atomic E-state index is 0.459. The van der Waals surface area contributed by atoms with Gasteiger partial charge in [0.1, 0.15) is 0 Å². The maximum atomic E-state index is 10.7. The molecule has 3 heteroatoms. The van der Waals surface area contributed by atoms with E-state index >= 15 is 0 Å². The van der Waals surface area contributed by atoms with Gasteiger partial charge in [0.25, 0.3) is 0 Å². The molecule has 0 aliphatic heterocycles. The fraction of sp³-hybridized carbons (Fsp3) is 0.417. The average molecular weight is 208 g/mol. The van der Waals surface area contributed by atoms with Crippen LogP contribution in [0.4, 0.5) is 0 Å². The number of aliphatic carboxylic acids is 1. The molecule has 0 aliphatic carbocycles. The molecule has 2 atom stereocenters. The highest BCUT2D eigenvalue weighted by Gasteiger charge is 2.13. The number of hydrogen-bond donors (Lipinski definition) is 2. The zero-order valence-electron chi connectivity index (χ0n) is 8.97. The SMILES string of the molecule is CC[C@@H](O)c1ccc([C@@H](C)C(=O)O)cc1. The summed E-state index contributed by atoms with van der Waals surface area (Å²) in [6.45, 7) is 3.55. The minimum atomic E-state index is -0.834. The van der Waals surface area contributed by atoms with E-state index in [4.69, 9.17) is 5.11 Å². The highest BCUT2D eigenvalue weighted by molar-refractivity contribution is 5.75. The Bertz CT molecular complexity index is 329. The van der Waals surface area contributed by atoms with E-state index < -0.39 is 18.0 Å². The van der Waals surface area contributed by atoms with E-state index in [1.807, 2.05) is 6.92 Å². The molecule has 1 aromatic rings. The number of benzene rings is 1. The molecule has 0 unspecified atom stereocenters. The number of rotatable bonds is 4. The molecule has 0 heterocycles. The topological polar surface area (TPSA) is 57.5 Å². The number of carboxylic acid groups (broad SMARTS) is 1. The summed E-state index contributed by atoms with van der Waals surface area (Å²) in [4.78, 5) is 10.7. The molecule has 0 fully saturated rings. The molecular weight excluding hydrogens is 192 g/mol. The Morgan fingerprint density at radius 2 is 1.73 bits per heavy atom. The standard InChI is InChI=1S/C12H16O3/c1-3-11(13)10-6-4-9(5-7-10)8(2)12(14)15/h4-8,11,13H,3H2,1-2H3,(H,14,15)/t8-,11-/m1/s1. The van der Waals surface area contributed by atoms with Crippen molar-refractivity contribution in [3.8, 4) is 0 Å². The van der Waals surface area contributed by atoms with Crippen molar-refractivity contribution in [2.75, 3.05) is 0 Å². The predicted molar refractivity (Wildman–Crippen MR) is 57.7 cm³/mol. The summed E-state index contributed by atoms with van der Waals surface area (Å²) in [7, 11) is 0. The molecule has 1 rings (SSSR count). The first-order chi connectivity index (χ1) is 7.06. The van der Waals surface area contributed by atoms with Crippen LogP contribution in [0.3, 0.4) is 0 Å². The summed E-state index contributed by atoms with van der Waals surface area (Å²) in [6.07, 6.45) is 0.201. The quantitative estimate of drug-likeness (QED) is 0.798. The van der Waals surface area contributed by atoms with Crippen LogP contribution in [0.1, 0.15) is 43.4 Å². The molecule has 0 bridgehead atoms. The van der Waals surface area contributed by atoms with Crippen molar-refractivity contribution in [3.05, 3.63) is 35.4 Å². The summed E-state index contributed by atoms with van der Waals surface area (Å²) >= 11 is 0. The maximum absolute atomic E-state index is 10.7. The average Bonchev–Trinajstić information content (AvgIpc) is 2.27. The van der Waals surface area contributed by atoms with Gasteiger partial charge in [-0.1, -0.05) is 31.2 Å². The van der Waals surface area contributed by atoms with E-state index in [2.05, 4.69) is 0 Å². The van der Waals surface area contributed by atoms with Gasteiger partial charge in [-0.3, -0.25) is 4.79 Å². The van der Waals surface area contributed by atoms with Crippen molar-refractivity contribution in [2.45, 2.75) is 32.3 Å². The Morgan fingerprint density at radius 1 is 1.27 bits per heavy atom. The van der Waals surface area contributed by atoms with Crippen molar-refractivity contribution >= 4 is 5.97 Å². The van der Waals surface area contributed by atoms with Crippen LogP contribution in [-0.2, 0) is 4.79 Å². The number of aliphatic hydroxyl groups excluding tert-OH is 1. The van der Waals surface area contributed by atoms with Gasteiger partial charge in [-0.25, -0.2) is 0 Å². The Morgan fingerprint density at radius 3 is 2.13 bits per heavy atom. The maximum Gasteiger partial charge on any atom is 0.310 e. The largest absolute Gasteiger partial charge is 0.481 e. The molecule has 82 valence electrons. The lowest BCUT2D eigenvalue weighted by Gasteiger charge is -2.10. The van der Waals surface area contributed by atoms with Crippen LogP contribution in [0, 0.1) is 0 Å². The second-order valence-electron chi connectivity index (χ2n) is 3.65. The van der Waals surface area contributed by atoms with Gasteiger partial charge in [-0.05, 0) is 24.5 Å². The van der Waals surface area contributed by atoms with Gasteiger partial charge in [-0.2, -0.15) is 0 Å². The van der Waals surface area contributed by atoms with Gasteiger partial charge in [0.15, 0.2) is 0 Å². The van der Waals surface area contributed by atoms with Crippen LogP contribution < -0.4 is 0 Å². The third-order valence-corrected chi connectivity index (χ3v) is 2.58. The van der Waals surface area contributed by atoms with Crippen molar-refractivity contribution in [1.82, 2.24) is 0 Å². The highest BCUT2D eigenvalue weighted by atomic mass is 16.4. The van der Waals surface area contributed by atoms with Crippen molar-refractivity contribution < 1.29 is 15.0 Å². The van der Waals surface area contributed by atoms with E-state index in [0.717, 1.165) is 11.1 Å². The normalized spacial score (nSPS) is 14.6. The third-order valence-electron chi connectivity index (χ3n) is 2.58. The molecule has 0 aliphatic rings. The molecule has 0 radical (unpaired) electrons. The molecule has 0 saturated carbocycles. The molecule has 2 N–H and O–H groups in total. The first kappa shape index (κ1) is 11.7. The van der Waals surface area contributed by atoms with Crippen LogP contribution in [0.2, 0.25) is 0 Å². The monoisotopic (exact) mass is 208 g/mol. The Labute approximate surface area is 89.4 Å². The van der Waals surface area contributed by atoms with Crippen LogP contribution in [-0.4, -0.2) is 16.2 Å². The van der Waals surface area contributed by atoms with Crippen LogP contribution in [0.5, 0.6) is 0 Å². The molecule has 0 aromatic heterocycles. The van der Waals surface area contributed by atoms with E-state index in [1.54, 1.807) is 31.2 Å². The number of carboxylic acids is 1. The van der Waals surface area contributed by atoms with Crippen LogP contribution >= 0.6 is 0 Å². The zero-order valence-corrected chi connectivity index (χ0v) is 8.97. The Balaban J connectivity index is 2.85. The van der Waals surface area contributed by atoms with E-state index in [1.165, 1.54) is 0 Å². The minimum Gasteiger partial charge on any atom is -0.481 e. The fourth-order valence-electron chi connectivity index (χ4n) is 1.39. The Hall–Kier alpha value is -1.35. The van der Waals surface area contributed by atoms with Crippen molar-refractivity contribution in [3.63, 3.8) is 0 Å². The predicted octanol–water partition coefficient (Wildman–Crippen LogP) is 2.32. The molecule has 0 spiro atoms. The molecule has 1 aromatic carbocycles. The molecule has 0 amide bonds. The highest BCUT2D eigenvalue weighted by Crippen LogP contribution is 2.20. The fourth-order valence-corrected chi connectivity index (χ4v) is 1.39. The van der Waals surface area contributed by atoms with E-state index in [9.17, 15) is 9.90 Å². The summed E-state index contributed by atoms with van der Waals surface area (Å²) in [6, 6.07) is 7.08. The number of hydrogen-bond acceptors (Lipinski definition) is 2. The van der Waals surface area contributed by atoms with Gasteiger partial charge in [0, 0.05) is 0 Å². The van der Waals surface area contributed by atoms with Crippen molar-refractivity contribution in [2.24, 2.45) is 0 Å². The number of aliphatic hydroxyl groups is 1. The summed E-state index contributed by atoms with van der Waals surface area (Å²) in [5, 5.41) is 18.4. The van der Waals surface area contributed by atoms with Gasteiger partial charge < -0.3 is 10.2 Å². The van der Waals surface area contributed by atoms with Gasteiger partial charge in [0.2, 0.25) is 0 Å².